The molecule has 0 aliphatic heterocycles. The first-order valence-corrected chi connectivity index (χ1v) is 8.04. The van der Waals surface area contributed by atoms with E-state index in [1.165, 1.54) is 6.33 Å². The van der Waals surface area contributed by atoms with Crippen molar-refractivity contribution in [2.75, 3.05) is 5.32 Å². The van der Waals surface area contributed by atoms with Crippen LogP contribution in [0.5, 0.6) is 0 Å². The van der Waals surface area contributed by atoms with Gasteiger partial charge in [-0.05, 0) is 24.4 Å². The van der Waals surface area contributed by atoms with Gasteiger partial charge < -0.3 is 10.3 Å². The summed E-state index contributed by atoms with van der Waals surface area (Å²) in [6.07, 6.45) is 3.07. The number of nitrogens with one attached hydrogen (secondary N) is 2. The minimum Gasteiger partial charge on any atom is -0.360 e. The summed E-state index contributed by atoms with van der Waals surface area (Å²) in [6, 6.07) is 7.49. The topological polar surface area (TPSA) is 79.4 Å². The summed E-state index contributed by atoms with van der Waals surface area (Å²) >= 11 is 12.5. The van der Waals surface area contributed by atoms with Crippen LogP contribution in [0.1, 0.15) is 18.7 Å². The smallest absolute Gasteiger partial charge is 0.162 e. The van der Waals surface area contributed by atoms with Crippen molar-refractivity contribution in [3.05, 3.63) is 52.8 Å². The molecule has 0 unspecified atom stereocenters. The largest absolute Gasteiger partial charge is 0.360 e. The van der Waals surface area contributed by atoms with Crippen molar-refractivity contribution in [1.82, 2.24) is 24.9 Å². The first-order chi connectivity index (χ1) is 11.6. The second-order valence-corrected chi connectivity index (χ2v) is 6.13. The van der Waals surface area contributed by atoms with E-state index < -0.39 is 0 Å². The summed E-state index contributed by atoms with van der Waals surface area (Å²) in [5, 5.41) is 5.98. The molecule has 24 heavy (non-hydrogen) atoms. The number of hydrogen-bond acceptors (Lipinski definition) is 5. The average molecular weight is 359 g/mol. The summed E-state index contributed by atoms with van der Waals surface area (Å²) in [6.45, 7) is 1.98. The maximum atomic E-state index is 6.33. The van der Waals surface area contributed by atoms with Crippen LogP contribution in [0.25, 0.3) is 21.9 Å². The van der Waals surface area contributed by atoms with Gasteiger partial charge in [0, 0.05) is 5.39 Å². The van der Waals surface area contributed by atoms with Gasteiger partial charge in [0.15, 0.2) is 11.5 Å². The molecule has 8 heteroatoms. The molecule has 0 aliphatic rings. The molecule has 1 atom stereocenters. The lowest BCUT2D eigenvalue weighted by molar-refractivity contribution is 0.836. The maximum Gasteiger partial charge on any atom is 0.162 e. The van der Waals surface area contributed by atoms with Crippen LogP contribution in [0.2, 0.25) is 10.2 Å². The van der Waals surface area contributed by atoms with Crippen LogP contribution in [0.4, 0.5) is 5.82 Å². The summed E-state index contributed by atoms with van der Waals surface area (Å²) in [4.78, 5) is 20.1. The van der Waals surface area contributed by atoms with E-state index in [2.05, 4.69) is 30.2 Å². The summed E-state index contributed by atoms with van der Waals surface area (Å²) in [7, 11) is 0. The number of aromatic amines is 1. The molecule has 3 aromatic heterocycles. The highest BCUT2D eigenvalue weighted by molar-refractivity contribution is 6.41. The van der Waals surface area contributed by atoms with Gasteiger partial charge in [0.2, 0.25) is 0 Å². The lowest BCUT2D eigenvalue weighted by atomic mass is 10.1. The Labute approximate surface area is 147 Å². The molecular weight excluding hydrogens is 347 g/mol. The third-order valence-corrected chi connectivity index (χ3v) is 4.39. The highest BCUT2D eigenvalue weighted by Crippen LogP contribution is 2.31. The molecule has 0 amide bonds. The Morgan fingerprint density at radius 2 is 2.04 bits per heavy atom. The van der Waals surface area contributed by atoms with Crippen molar-refractivity contribution in [3.8, 4) is 0 Å². The minimum atomic E-state index is -0.124. The number of rotatable bonds is 3. The zero-order chi connectivity index (χ0) is 16.7. The molecule has 0 saturated heterocycles. The van der Waals surface area contributed by atoms with Crippen LogP contribution in [0.15, 0.2) is 36.9 Å². The van der Waals surface area contributed by atoms with Crippen LogP contribution in [-0.2, 0) is 0 Å². The highest BCUT2D eigenvalue weighted by atomic mass is 35.5. The van der Waals surface area contributed by atoms with Crippen molar-refractivity contribution in [2.45, 2.75) is 13.0 Å². The number of fused-ring (bicyclic) bond motifs is 2. The van der Waals surface area contributed by atoms with Crippen LogP contribution >= 0.6 is 23.2 Å². The Balaban J connectivity index is 1.73. The Morgan fingerprint density at radius 3 is 2.92 bits per heavy atom. The molecule has 0 aliphatic carbocycles. The van der Waals surface area contributed by atoms with E-state index >= 15 is 0 Å². The first kappa shape index (κ1) is 15.1. The molecule has 4 rings (SSSR count). The van der Waals surface area contributed by atoms with E-state index in [9.17, 15) is 0 Å². The average Bonchev–Trinajstić information content (AvgIpc) is 3.04. The van der Waals surface area contributed by atoms with Crippen molar-refractivity contribution < 1.29 is 0 Å². The van der Waals surface area contributed by atoms with Crippen molar-refractivity contribution in [1.29, 1.82) is 0 Å². The SMILES string of the molecule is C[C@H](Nc1ncnc2[nH]cnc12)c1cc2cccc(Cl)c2c(Cl)n1. The van der Waals surface area contributed by atoms with Gasteiger partial charge in [-0.15, -0.1) is 0 Å². The number of benzene rings is 1. The molecule has 0 radical (unpaired) electrons. The molecule has 6 nitrogen and oxygen atoms in total. The predicted octanol–water partition coefficient (Wildman–Crippen LogP) is 4.38. The van der Waals surface area contributed by atoms with E-state index in [0.717, 1.165) is 16.5 Å². The highest BCUT2D eigenvalue weighted by Gasteiger charge is 2.15. The van der Waals surface area contributed by atoms with Gasteiger partial charge in [0.25, 0.3) is 0 Å². The van der Waals surface area contributed by atoms with Gasteiger partial charge in [0.05, 0.1) is 23.1 Å². The minimum absolute atomic E-state index is 0.124. The molecular formula is C16H12Cl2N6. The molecule has 3 heterocycles. The van der Waals surface area contributed by atoms with E-state index in [1.54, 1.807) is 12.4 Å². The van der Waals surface area contributed by atoms with Crippen LogP contribution in [-0.4, -0.2) is 24.9 Å². The Morgan fingerprint density at radius 1 is 1.17 bits per heavy atom. The number of imidazole rings is 1. The number of pyridine rings is 1. The van der Waals surface area contributed by atoms with Gasteiger partial charge in [-0.1, -0.05) is 35.3 Å². The summed E-state index contributed by atoms with van der Waals surface area (Å²) < 4.78 is 0. The van der Waals surface area contributed by atoms with Crippen molar-refractivity contribution in [3.63, 3.8) is 0 Å². The second-order valence-electron chi connectivity index (χ2n) is 5.36. The number of aromatic nitrogens is 5. The maximum absolute atomic E-state index is 6.33. The monoisotopic (exact) mass is 358 g/mol. The number of hydrogen-bond donors (Lipinski definition) is 2. The van der Waals surface area contributed by atoms with E-state index in [1.807, 2.05) is 25.1 Å². The molecule has 0 bridgehead atoms. The quantitative estimate of drug-likeness (QED) is 0.531. The predicted molar refractivity (Wildman–Crippen MR) is 95.5 cm³/mol. The van der Waals surface area contributed by atoms with E-state index in [4.69, 9.17) is 23.2 Å². The van der Waals surface area contributed by atoms with Crippen LogP contribution in [0.3, 0.4) is 0 Å². The van der Waals surface area contributed by atoms with Gasteiger partial charge in [-0.25, -0.2) is 19.9 Å². The second kappa shape index (κ2) is 5.89. The van der Waals surface area contributed by atoms with E-state index in [-0.39, 0.29) is 6.04 Å². The van der Waals surface area contributed by atoms with Gasteiger partial charge in [-0.3, -0.25) is 0 Å². The third kappa shape index (κ3) is 2.53. The third-order valence-electron chi connectivity index (χ3n) is 3.80. The zero-order valence-corrected chi connectivity index (χ0v) is 14.1. The zero-order valence-electron chi connectivity index (χ0n) is 12.6. The van der Waals surface area contributed by atoms with Crippen LogP contribution < -0.4 is 5.32 Å². The molecule has 4 aromatic rings. The lowest BCUT2D eigenvalue weighted by Gasteiger charge is -2.15. The Kier molecular flexibility index (Phi) is 3.70. The van der Waals surface area contributed by atoms with E-state index in [0.29, 0.717) is 27.2 Å². The van der Waals surface area contributed by atoms with Crippen LogP contribution in [0, 0.1) is 0 Å². The molecule has 120 valence electrons. The van der Waals surface area contributed by atoms with Gasteiger partial charge in [0.1, 0.15) is 17.0 Å². The Bertz CT molecular complexity index is 1050. The number of anilines is 1. The standard InChI is InChI=1S/C16H12Cl2N6/c1-8(23-16-13-15(20-6-19-13)21-7-22-16)11-5-9-3-2-4-10(17)12(9)14(18)24-11/h2-8H,1H3,(H2,19,20,21,22,23)/t8-/m0/s1. The molecule has 2 N–H and O–H groups in total. The molecule has 1 aromatic carbocycles. The molecule has 0 spiro atoms. The Hall–Kier alpha value is -2.44. The van der Waals surface area contributed by atoms with Crippen molar-refractivity contribution >= 4 is 51.0 Å². The fraction of sp³-hybridized carbons (Fsp3) is 0.125. The lowest BCUT2D eigenvalue weighted by Crippen LogP contribution is -2.10. The number of nitrogens with zero attached hydrogens (tertiary/aromatic N) is 4. The van der Waals surface area contributed by atoms with Gasteiger partial charge in [-0.2, -0.15) is 0 Å². The van der Waals surface area contributed by atoms with Gasteiger partial charge >= 0.3 is 0 Å². The summed E-state index contributed by atoms with van der Waals surface area (Å²) in [5.41, 5.74) is 2.15. The number of H-pyrrole nitrogens is 1. The summed E-state index contributed by atoms with van der Waals surface area (Å²) in [5.74, 6) is 0.637. The van der Waals surface area contributed by atoms with Crippen molar-refractivity contribution in [2.24, 2.45) is 0 Å². The molecule has 0 fully saturated rings. The fourth-order valence-electron chi connectivity index (χ4n) is 2.61. The first-order valence-electron chi connectivity index (χ1n) is 7.29. The fourth-order valence-corrected chi connectivity index (χ4v) is 3.24. The normalized spacial score (nSPS) is 12.6. The molecule has 0 saturated carbocycles. The number of halogens is 2.